The summed E-state index contributed by atoms with van der Waals surface area (Å²) in [6.45, 7) is 7.08. The quantitative estimate of drug-likeness (QED) is 0.869. The third-order valence-electron chi connectivity index (χ3n) is 3.83. The van der Waals surface area contributed by atoms with Crippen LogP contribution in [0.1, 0.15) is 29.8 Å². The number of nitrogens with one attached hydrogen (secondary N) is 1. The Morgan fingerprint density at radius 1 is 1.40 bits per heavy atom. The molecule has 0 aliphatic carbocycles. The van der Waals surface area contributed by atoms with Crippen LogP contribution in [-0.2, 0) is 11.3 Å². The molecule has 110 valence electrons. The molecule has 1 aromatic carbocycles. The van der Waals surface area contributed by atoms with E-state index in [-0.39, 0.29) is 5.97 Å². The van der Waals surface area contributed by atoms with E-state index < -0.39 is 0 Å². The van der Waals surface area contributed by atoms with Gasteiger partial charge in [0.05, 0.1) is 12.7 Å². The lowest BCUT2D eigenvalue weighted by Crippen LogP contribution is -2.54. The van der Waals surface area contributed by atoms with Crippen molar-refractivity contribution in [1.82, 2.24) is 10.2 Å². The normalized spacial score (nSPS) is 23.6. The van der Waals surface area contributed by atoms with E-state index in [0.717, 1.165) is 25.2 Å². The van der Waals surface area contributed by atoms with Gasteiger partial charge in [-0.1, -0.05) is 11.6 Å². The van der Waals surface area contributed by atoms with E-state index in [1.807, 2.05) is 6.07 Å². The zero-order valence-corrected chi connectivity index (χ0v) is 12.9. The first-order valence-electron chi connectivity index (χ1n) is 6.86. The number of hydrogen-bond acceptors (Lipinski definition) is 4. The number of carbonyl (C=O) groups excluding carboxylic acids is 1. The fourth-order valence-corrected chi connectivity index (χ4v) is 2.80. The van der Waals surface area contributed by atoms with E-state index in [9.17, 15) is 4.79 Å². The number of esters is 1. The number of methoxy groups -OCH3 is 1. The number of halogens is 1. The van der Waals surface area contributed by atoms with Gasteiger partial charge in [0.1, 0.15) is 0 Å². The molecule has 0 bridgehead atoms. The number of benzene rings is 1. The molecule has 1 saturated heterocycles. The van der Waals surface area contributed by atoms with E-state index in [0.29, 0.717) is 22.7 Å². The highest BCUT2D eigenvalue weighted by molar-refractivity contribution is 6.31. The van der Waals surface area contributed by atoms with Gasteiger partial charge in [0.15, 0.2) is 0 Å². The maximum atomic E-state index is 11.6. The van der Waals surface area contributed by atoms with Crippen LogP contribution in [0.5, 0.6) is 0 Å². The van der Waals surface area contributed by atoms with Gasteiger partial charge in [-0.15, -0.1) is 0 Å². The Balaban J connectivity index is 2.21. The standard InChI is InChI=1S/C15H21ClN2O2/c1-10-7-17-8-11(2)18(10)9-13-6-12(15(19)20-3)4-5-14(13)16/h4-6,10-11,17H,7-9H2,1-3H3/t10-,11+. The third-order valence-corrected chi connectivity index (χ3v) is 4.20. The third kappa shape index (κ3) is 3.32. The molecule has 1 fully saturated rings. The van der Waals surface area contributed by atoms with Crippen LogP contribution >= 0.6 is 11.6 Å². The molecule has 1 heterocycles. The lowest BCUT2D eigenvalue weighted by Gasteiger charge is -2.39. The molecule has 2 rings (SSSR count). The Kier molecular flexibility index (Phi) is 5.02. The first kappa shape index (κ1) is 15.3. The second-order valence-electron chi connectivity index (χ2n) is 5.33. The monoisotopic (exact) mass is 296 g/mol. The van der Waals surface area contributed by atoms with Crippen LogP contribution in [-0.4, -0.2) is 43.2 Å². The van der Waals surface area contributed by atoms with Crippen LogP contribution in [0, 0.1) is 0 Å². The van der Waals surface area contributed by atoms with Crippen molar-refractivity contribution in [3.8, 4) is 0 Å². The van der Waals surface area contributed by atoms with Crippen LogP contribution in [0.4, 0.5) is 0 Å². The summed E-state index contributed by atoms with van der Waals surface area (Å²) in [6, 6.07) is 6.17. The molecule has 0 radical (unpaired) electrons. The predicted octanol–water partition coefficient (Wildman–Crippen LogP) is 2.31. The van der Waals surface area contributed by atoms with Gasteiger partial charge in [-0.05, 0) is 37.6 Å². The zero-order chi connectivity index (χ0) is 14.7. The second-order valence-corrected chi connectivity index (χ2v) is 5.73. The molecule has 0 aromatic heterocycles. The minimum Gasteiger partial charge on any atom is -0.465 e. The van der Waals surface area contributed by atoms with Crippen LogP contribution in [0.15, 0.2) is 18.2 Å². The van der Waals surface area contributed by atoms with Crippen molar-refractivity contribution in [2.45, 2.75) is 32.5 Å². The fourth-order valence-electron chi connectivity index (χ4n) is 2.62. The molecule has 0 amide bonds. The van der Waals surface area contributed by atoms with E-state index >= 15 is 0 Å². The SMILES string of the molecule is COC(=O)c1ccc(Cl)c(CN2[C@H](C)CNC[C@@H]2C)c1. The van der Waals surface area contributed by atoms with Crippen LogP contribution < -0.4 is 5.32 Å². The van der Waals surface area contributed by atoms with Gasteiger partial charge in [-0.2, -0.15) is 0 Å². The van der Waals surface area contributed by atoms with Crippen LogP contribution in [0.3, 0.4) is 0 Å². The van der Waals surface area contributed by atoms with Crippen molar-refractivity contribution in [1.29, 1.82) is 0 Å². The van der Waals surface area contributed by atoms with E-state index in [2.05, 4.69) is 24.1 Å². The average molecular weight is 297 g/mol. The van der Waals surface area contributed by atoms with Crippen molar-refractivity contribution in [3.63, 3.8) is 0 Å². The molecule has 20 heavy (non-hydrogen) atoms. The average Bonchev–Trinajstić information content (AvgIpc) is 2.44. The molecule has 5 heteroatoms. The summed E-state index contributed by atoms with van der Waals surface area (Å²) in [7, 11) is 1.39. The predicted molar refractivity (Wildman–Crippen MR) is 80.1 cm³/mol. The second kappa shape index (κ2) is 6.57. The van der Waals surface area contributed by atoms with E-state index in [4.69, 9.17) is 16.3 Å². The molecule has 1 N–H and O–H groups in total. The van der Waals surface area contributed by atoms with Gasteiger partial charge in [0.25, 0.3) is 0 Å². The van der Waals surface area contributed by atoms with Crippen molar-refractivity contribution < 1.29 is 9.53 Å². The Bertz CT molecular complexity index is 483. The topological polar surface area (TPSA) is 41.6 Å². The molecule has 1 aromatic rings. The first-order valence-corrected chi connectivity index (χ1v) is 7.24. The smallest absolute Gasteiger partial charge is 0.337 e. The van der Waals surface area contributed by atoms with Crippen LogP contribution in [0.25, 0.3) is 0 Å². The zero-order valence-electron chi connectivity index (χ0n) is 12.1. The van der Waals surface area contributed by atoms with Gasteiger partial charge < -0.3 is 10.1 Å². The molecule has 0 saturated carbocycles. The molecule has 2 atom stereocenters. The Labute approximate surface area is 125 Å². The van der Waals surface area contributed by atoms with Gasteiger partial charge in [-0.3, -0.25) is 4.90 Å². The van der Waals surface area contributed by atoms with Crippen molar-refractivity contribution >= 4 is 17.6 Å². The number of carbonyl (C=O) groups is 1. The van der Waals surface area contributed by atoms with Gasteiger partial charge >= 0.3 is 5.97 Å². The summed E-state index contributed by atoms with van der Waals surface area (Å²) in [5, 5.41) is 4.09. The Morgan fingerprint density at radius 3 is 2.65 bits per heavy atom. The highest BCUT2D eigenvalue weighted by Gasteiger charge is 2.25. The summed E-state index contributed by atoms with van der Waals surface area (Å²) in [4.78, 5) is 14.0. The maximum Gasteiger partial charge on any atom is 0.337 e. The van der Waals surface area contributed by atoms with Gasteiger partial charge in [-0.25, -0.2) is 4.79 Å². The van der Waals surface area contributed by atoms with Gasteiger partial charge in [0, 0.05) is 36.7 Å². The van der Waals surface area contributed by atoms with Crippen molar-refractivity contribution in [2.75, 3.05) is 20.2 Å². The van der Waals surface area contributed by atoms with Crippen molar-refractivity contribution in [3.05, 3.63) is 34.3 Å². The number of nitrogens with zero attached hydrogens (tertiary/aromatic N) is 1. The fraction of sp³-hybridized carbons (Fsp3) is 0.533. The molecule has 0 spiro atoms. The summed E-state index contributed by atoms with van der Waals surface area (Å²) in [5.41, 5.74) is 1.51. The number of piperazine rings is 1. The van der Waals surface area contributed by atoms with Crippen LogP contribution in [0.2, 0.25) is 5.02 Å². The minimum atomic E-state index is -0.329. The lowest BCUT2D eigenvalue weighted by atomic mass is 10.1. The minimum absolute atomic E-state index is 0.329. The number of rotatable bonds is 3. The summed E-state index contributed by atoms with van der Waals surface area (Å²) in [6.07, 6.45) is 0. The summed E-state index contributed by atoms with van der Waals surface area (Å²) >= 11 is 6.26. The molecular weight excluding hydrogens is 276 g/mol. The highest BCUT2D eigenvalue weighted by atomic mass is 35.5. The van der Waals surface area contributed by atoms with Gasteiger partial charge in [0.2, 0.25) is 0 Å². The van der Waals surface area contributed by atoms with E-state index in [1.165, 1.54) is 7.11 Å². The highest BCUT2D eigenvalue weighted by Crippen LogP contribution is 2.23. The number of ether oxygens (including phenoxy) is 1. The Morgan fingerprint density at radius 2 is 2.05 bits per heavy atom. The largest absolute Gasteiger partial charge is 0.465 e. The number of hydrogen-bond donors (Lipinski definition) is 1. The van der Waals surface area contributed by atoms with Crippen molar-refractivity contribution in [2.24, 2.45) is 0 Å². The van der Waals surface area contributed by atoms with E-state index in [1.54, 1.807) is 12.1 Å². The Hall–Kier alpha value is -1.10. The summed E-state index contributed by atoms with van der Waals surface area (Å²) < 4.78 is 4.76. The molecule has 1 aliphatic heterocycles. The lowest BCUT2D eigenvalue weighted by molar-refractivity contribution is 0.0600. The molecule has 4 nitrogen and oxygen atoms in total. The summed E-state index contributed by atoms with van der Waals surface area (Å²) in [5.74, 6) is -0.329. The first-order chi connectivity index (χ1) is 9.52. The molecular formula is C15H21ClN2O2. The maximum absolute atomic E-state index is 11.6. The molecule has 1 aliphatic rings. The molecule has 0 unspecified atom stereocenters.